The van der Waals surface area contributed by atoms with E-state index in [0.29, 0.717) is 17.0 Å². The highest BCUT2D eigenvalue weighted by molar-refractivity contribution is 7.20. The Morgan fingerprint density at radius 3 is 2.72 bits per heavy atom. The molecule has 0 aliphatic heterocycles. The van der Waals surface area contributed by atoms with Gasteiger partial charge >= 0.3 is 5.97 Å². The Balaban J connectivity index is 1.70. The molecule has 0 radical (unpaired) electrons. The predicted octanol–water partition coefficient (Wildman–Crippen LogP) is 4.55. The van der Waals surface area contributed by atoms with Crippen molar-refractivity contribution >= 4 is 33.2 Å². The summed E-state index contributed by atoms with van der Waals surface area (Å²) in [5.74, 6) is -0.660. The first-order chi connectivity index (χ1) is 12.0. The van der Waals surface area contributed by atoms with E-state index in [1.165, 1.54) is 11.3 Å². The highest BCUT2D eigenvalue weighted by Gasteiger charge is 2.18. The maximum absolute atomic E-state index is 12.4. The first-order valence-electron chi connectivity index (χ1n) is 7.97. The molecule has 128 valence electrons. The van der Waals surface area contributed by atoms with Crippen LogP contribution in [-0.2, 0) is 11.3 Å². The van der Waals surface area contributed by atoms with Gasteiger partial charge in [0, 0.05) is 28.2 Å². The summed E-state index contributed by atoms with van der Waals surface area (Å²) in [5.41, 5.74) is 2.43. The summed E-state index contributed by atoms with van der Waals surface area (Å²) in [7, 11) is 0. The van der Waals surface area contributed by atoms with Crippen molar-refractivity contribution in [2.75, 3.05) is 6.61 Å². The van der Waals surface area contributed by atoms with E-state index in [2.05, 4.69) is 6.58 Å². The van der Waals surface area contributed by atoms with Gasteiger partial charge in [-0.1, -0.05) is 24.3 Å². The van der Waals surface area contributed by atoms with Gasteiger partial charge in [0.05, 0.1) is 0 Å². The Hall–Kier alpha value is -2.66. The lowest BCUT2D eigenvalue weighted by atomic mass is 10.1. The summed E-state index contributed by atoms with van der Waals surface area (Å²) in [4.78, 5) is 25.2. The third kappa shape index (κ3) is 3.42. The number of ketones is 1. The number of Topliss-reactive ketones (excluding diaryl/α,β-unsaturated/α-hetero) is 1. The molecule has 0 unspecified atom stereocenters. The van der Waals surface area contributed by atoms with E-state index in [1.807, 2.05) is 48.7 Å². The van der Waals surface area contributed by atoms with Crippen LogP contribution in [0.15, 0.2) is 49.1 Å². The van der Waals surface area contributed by atoms with Crippen LogP contribution >= 0.6 is 11.3 Å². The van der Waals surface area contributed by atoms with E-state index in [-0.39, 0.29) is 12.4 Å². The molecule has 5 heteroatoms. The number of carbonyl (C=O) groups is 2. The Labute approximate surface area is 150 Å². The number of hydrogen-bond acceptors (Lipinski definition) is 4. The van der Waals surface area contributed by atoms with E-state index >= 15 is 0 Å². The monoisotopic (exact) mass is 353 g/mol. The van der Waals surface area contributed by atoms with Crippen LogP contribution in [0.4, 0.5) is 0 Å². The molecule has 0 aliphatic rings. The van der Waals surface area contributed by atoms with E-state index in [9.17, 15) is 9.59 Å². The van der Waals surface area contributed by atoms with Gasteiger partial charge in [0.25, 0.3) is 0 Å². The molecule has 2 aromatic heterocycles. The normalized spacial score (nSPS) is 10.8. The summed E-state index contributed by atoms with van der Waals surface area (Å²) in [5, 5.41) is 0.999. The van der Waals surface area contributed by atoms with Crippen molar-refractivity contribution in [3.05, 3.63) is 70.9 Å². The first-order valence-corrected chi connectivity index (χ1v) is 8.79. The van der Waals surface area contributed by atoms with Crippen LogP contribution in [0.2, 0.25) is 0 Å². The molecule has 0 amide bonds. The van der Waals surface area contributed by atoms with Crippen molar-refractivity contribution < 1.29 is 14.3 Å². The zero-order valence-corrected chi connectivity index (χ0v) is 15.1. The van der Waals surface area contributed by atoms with E-state index in [4.69, 9.17) is 4.74 Å². The fourth-order valence-electron chi connectivity index (χ4n) is 2.86. The molecule has 3 rings (SSSR count). The van der Waals surface area contributed by atoms with Crippen molar-refractivity contribution in [3.63, 3.8) is 0 Å². The highest BCUT2D eigenvalue weighted by atomic mass is 32.1. The van der Waals surface area contributed by atoms with Crippen molar-refractivity contribution in [1.82, 2.24) is 4.57 Å². The lowest BCUT2D eigenvalue weighted by Crippen LogP contribution is -2.14. The van der Waals surface area contributed by atoms with Crippen molar-refractivity contribution in [2.24, 2.45) is 0 Å². The summed E-state index contributed by atoms with van der Waals surface area (Å²) in [6.45, 7) is 7.94. The minimum absolute atomic E-state index is 0.196. The quantitative estimate of drug-likeness (QED) is 0.371. The molecule has 1 aromatic carbocycles. The molecule has 0 fully saturated rings. The van der Waals surface area contributed by atoms with Gasteiger partial charge in [0.2, 0.25) is 5.78 Å². The molecule has 2 heterocycles. The van der Waals surface area contributed by atoms with Crippen molar-refractivity contribution in [3.8, 4) is 0 Å². The Kier molecular flexibility index (Phi) is 4.86. The zero-order valence-electron chi connectivity index (χ0n) is 14.2. The standard InChI is InChI=1S/C20H19NO3S/c1-4-9-21-13(2)10-16(14(21)3)17(22)12-24-20(23)19-11-15-7-5-6-8-18(15)25-19/h4-8,10-11H,1,9,12H2,2-3H3. The molecule has 0 bridgehead atoms. The van der Waals surface area contributed by atoms with Crippen LogP contribution in [0.1, 0.15) is 31.4 Å². The third-order valence-corrected chi connectivity index (χ3v) is 5.24. The van der Waals surface area contributed by atoms with Gasteiger partial charge in [-0.2, -0.15) is 0 Å². The summed E-state index contributed by atoms with van der Waals surface area (Å²) >= 11 is 1.37. The number of allylic oxidation sites excluding steroid dienone is 1. The second-order valence-electron chi connectivity index (χ2n) is 5.83. The molecule has 0 N–H and O–H groups in total. The summed E-state index contributed by atoms with van der Waals surface area (Å²) < 4.78 is 8.26. The Bertz CT molecular complexity index is 932. The summed E-state index contributed by atoms with van der Waals surface area (Å²) in [6, 6.07) is 11.4. The molecule has 0 atom stereocenters. The number of esters is 1. The molecule has 0 saturated carbocycles. The molecule has 0 aliphatic carbocycles. The number of aryl methyl sites for hydroxylation is 1. The van der Waals surface area contributed by atoms with Crippen LogP contribution in [0.3, 0.4) is 0 Å². The number of benzene rings is 1. The number of carbonyl (C=O) groups excluding carboxylic acids is 2. The summed E-state index contributed by atoms with van der Waals surface area (Å²) in [6.07, 6.45) is 1.79. The van der Waals surface area contributed by atoms with E-state index < -0.39 is 5.97 Å². The largest absolute Gasteiger partial charge is 0.453 e. The van der Waals surface area contributed by atoms with Crippen LogP contribution in [0.25, 0.3) is 10.1 Å². The number of hydrogen-bond donors (Lipinski definition) is 0. The Morgan fingerprint density at radius 1 is 1.24 bits per heavy atom. The first kappa shape index (κ1) is 17.2. The molecular formula is C20H19NO3S. The third-order valence-electron chi connectivity index (χ3n) is 4.15. The van der Waals surface area contributed by atoms with Gasteiger partial charge in [-0.05, 0) is 37.4 Å². The number of aromatic nitrogens is 1. The number of nitrogens with zero attached hydrogens (tertiary/aromatic N) is 1. The average Bonchev–Trinajstić information content (AvgIpc) is 3.16. The molecular weight excluding hydrogens is 334 g/mol. The number of fused-ring (bicyclic) bond motifs is 1. The van der Waals surface area contributed by atoms with Gasteiger partial charge in [-0.25, -0.2) is 4.79 Å². The van der Waals surface area contributed by atoms with E-state index in [1.54, 1.807) is 12.1 Å². The van der Waals surface area contributed by atoms with Gasteiger partial charge in [-0.3, -0.25) is 4.79 Å². The van der Waals surface area contributed by atoms with Gasteiger partial charge in [-0.15, -0.1) is 17.9 Å². The van der Waals surface area contributed by atoms with Crippen LogP contribution in [0.5, 0.6) is 0 Å². The number of thiophene rings is 1. The lowest BCUT2D eigenvalue weighted by Gasteiger charge is -2.06. The zero-order chi connectivity index (χ0) is 18.0. The maximum atomic E-state index is 12.4. The van der Waals surface area contributed by atoms with Gasteiger partial charge in [0.1, 0.15) is 4.88 Å². The molecule has 0 saturated heterocycles. The van der Waals surface area contributed by atoms with Gasteiger partial charge in [0.15, 0.2) is 6.61 Å². The second-order valence-corrected chi connectivity index (χ2v) is 6.92. The number of ether oxygens (including phenoxy) is 1. The molecule has 25 heavy (non-hydrogen) atoms. The van der Waals surface area contributed by atoms with Gasteiger partial charge < -0.3 is 9.30 Å². The SMILES string of the molecule is C=CCn1c(C)cc(C(=O)COC(=O)c2cc3ccccc3s2)c1C. The van der Waals surface area contributed by atoms with Crippen LogP contribution < -0.4 is 0 Å². The maximum Gasteiger partial charge on any atom is 0.348 e. The minimum Gasteiger partial charge on any atom is -0.453 e. The minimum atomic E-state index is -0.463. The molecule has 4 nitrogen and oxygen atoms in total. The second kappa shape index (κ2) is 7.07. The van der Waals surface area contributed by atoms with Crippen molar-refractivity contribution in [2.45, 2.75) is 20.4 Å². The lowest BCUT2D eigenvalue weighted by molar-refractivity contribution is 0.0479. The van der Waals surface area contributed by atoms with E-state index in [0.717, 1.165) is 21.5 Å². The fourth-order valence-corrected chi connectivity index (χ4v) is 3.81. The highest BCUT2D eigenvalue weighted by Crippen LogP contribution is 2.26. The predicted molar refractivity (Wildman–Crippen MR) is 101 cm³/mol. The van der Waals surface area contributed by atoms with Crippen LogP contribution in [-0.4, -0.2) is 22.9 Å². The Morgan fingerprint density at radius 2 is 2.00 bits per heavy atom. The average molecular weight is 353 g/mol. The number of rotatable bonds is 6. The smallest absolute Gasteiger partial charge is 0.348 e. The molecule has 3 aromatic rings. The fraction of sp³-hybridized carbons (Fsp3) is 0.200. The molecule has 0 spiro atoms. The van der Waals surface area contributed by atoms with Crippen LogP contribution in [0, 0.1) is 13.8 Å². The topological polar surface area (TPSA) is 48.3 Å². The van der Waals surface area contributed by atoms with Crippen molar-refractivity contribution in [1.29, 1.82) is 0 Å².